The normalized spacial score (nSPS) is 9.94. The first-order chi connectivity index (χ1) is 8.67. The number of aryl methyl sites for hydroxylation is 1. The van der Waals surface area contributed by atoms with Crippen molar-refractivity contribution >= 4 is 6.09 Å². The Labute approximate surface area is 108 Å². The molecule has 1 amide bonds. The number of rotatable bonds is 6. The summed E-state index contributed by atoms with van der Waals surface area (Å²) in [6, 6.07) is 6.07. The van der Waals surface area contributed by atoms with Crippen molar-refractivity contribution in [3.63, 3.8) is 0 Å². The summed E-state index contributed by atoms with van der Waals surface area (Å²) in [7, 11) is 0. The quantitative estimate of drug-likeness (QED) is 0.845. The number of hydrogen-bond donors (Lipinski definition) is 1. The zero-order valence-corrected chi connectivity index (χ0v) is 11.3. The lowest BCUT2D eigenvalue weighted by Gasteiger charge is -2.09. The Kier molecular flexibility index (Phi) is 6.05. The van der Waals surface area contributed by atoms with Crippen LogP contribution in [-0.2, 0) is 11.2 Å². The Balaban J connectivity index is 2.43. The molecule has 4 nitrogen and oxygen atoms in total. The molecule has 0 unspecified atom stereocenters. The van der Waals surface area contributed by atoms with Crippen LogP contribution >= 0.6 is 0 Å². The molecule has 0 aliphatic heterocycles. The lowest BCUT2D eigenvalue weighted by Crippen LogP contribution is -2.26. The average molecular weight is 251 g/mol. The van der Waals surface area contributed by atoms with Crippen LogP contribution in [0.25, 0.3) is 0 Å². The van der Waals surface area contributed by atoms with Crippen molar-refractivity contribution < 1.29 is 14.3 Å². The third-order valence-electron chi connectivity index (χ3n) is 2.50. The van der Waals surface area contributed by atoms with Gasteiger partial charge in [-0.05, 0) is 44.4 Å². The van der Waals surface area contributed by atoms with E-state index in [2.05, 4.69) is 11.4 Å². The van der Waals surface area contributed by atoms with Gasteiger partial charge in [-0.2, -0.15) is 0 Å². The Morgan fingerprint density at radius 1 is 1.28 bits per heavy atom. The minimum Gasteiger partial charge on any atom is -0.494 e. The molecule has 4 heteroatoms. The van der Waals surface area contributed by atoms with Crippen LogP contribution in [0.3, 0.4) is 0 Å². The summed E-state index contributed by atoms with van der Waals surface area (Å²) in [5.74, 6) is 0.916. The fourth-order valence-corrected chi connectivity index (χ4v) is 1.68. The lowest BCUT2D eigenvalue weighted by atomic mass is 10.1. The summed E-state index contributed by atoms with van der Waals surface area (Å²) in [6.45, 7) is 7.42. The first-order valence-corrected chi connectivity index (χ1v) is 6.30. The van der Waals surface area contributed by atoms with Crippen LogP contribution in [0.2, 0.25) is 0 Å². The maximum absolute atomic E-state index is 11.1. The number of carbonyl (C=O) groups is 1. The maximum atomic E-state index is 11.1. The number of carbonyl (C=O) groups excluding carboxylic acids is 1. The highest BCUT2D eigenvalue weighted by Crippen LogP contribution is 2.19. The van der Waals surface area contributed by atoms with Crippen LogP contribution in [0.15, 0.2) is 18.2 Å². The largest absolute Gasteiger partial charge is 0.494 e. The second kappa shape index (κ2) is 7.58. The predicted molar refractivity (Wildman–Crippen MR) is 71.1 cm³/mol. The second-order valence-electron chi connectivity index (χ2n) is 3.93. The number of hydrogen-bond acceptors (Lipinski definition) is 3. The van der Waals surface area contributed by atoms with Crippen molar-refractivity contribution in [3.8, 4) is 5.75 Å². The first-order valence-electron chi connectivity index (χ1n) is 6.30. The zero-order chi connectivity index (χ0) is 13.4. The van der Waals surface area contributed by atoms with Gasteiger partial charge in [-0.25, -0.2) is 4.79 Å². The second-order valence-corrected chi connectivity index (χ2v) is 3.93. The molecule has 0 aromatic heterocycles. The van der Waals surface area contributed by atoms with Crippen LogP contribution in [-0.4, -0.2) is 25.9 Å². The van der Waals surface area contributed by atoms with Gasteiger partial charge in [-0.15, -0.1) is 0 Å². The molecule has 0 bridgehead atoms. The van der Waals surface area contributed by atoms with Crippen molar-refractivity contribution in [3.05, 3.63) is 29.3 Å². The van der Waals surface area contributed by atoms with Gasteiger partial charge in [0, 0.05) is 6.54 Å². The zero-order valence-electron chi connectivity index (χ0n) is 11.3. The smallest absolute Gasteiger partial charge is 0.407 e. The van der Waals surface area contributed by atoms with Gasteiger partial charge < -0.3 is 14.8 Å². The van der Waals surface area contributed by atoms with E-state index >= 15 is 0 Å². The van der Waals surface area contributed by atoms with E-state index in [0.29, 0.717) is 19.8 Å². The van der Waals surface area contributed by atoms with E-state index in [1.54, 1.807) is 6.92 Å². The highest BCUT2D eigenvalue weighted by atomic mass is 16.5. The topological polar surface area (TPSA) is 47.6 Å². The first kappa shape index (κ1) is 14.4. The van der Waals surface area contributed by atoms with Crippen LogP contribution in [0, 0.1) is 6.92 Å². The summed E-state index contributed by atoms with van der Waals surface area (Å²) in [4.78, 5) is 11.1. The van der Waals surface area contributed by atoms with E-state index in [9.17, 15) is 4.79 Å². The summed E-state index contributed by atoms with van der Waals surface area (Å²) >= 11 is 0. The van der Waals surface area contributed by atoms with Gasteiger partial charge in [-0.3, -0.25) is 0 Å². The fraction of sp³-hybridized carbons (Fsp3) is 0.500. The third-order valence-corrected chi connectivity index (χ3v) is 2.50. The third kappa shape index (κ3) is 4.65. The molecule has 1 aromatic carbocycles. The number of amides is 1. The maximum Gasteiger partial charge on any atom is 0.407 e. The number of alkyl carbamates (subject to hydrolysis) is 1. The molecule has 1 rings (SSSR count). The molecule has 0 saturated heterocycles. The molecule has 18 heavy (non-hydrogen) atoms. The van der Waals surface area contributed by atoms with E-state index < -0.39 is 0 Å². The SMILES string of the molecule is CCOC(=O)NCCc1ccc(OCC)c(C)c1. The summed E-state index contributed by atoms with van der Waals surface area (Å²) < 4.78 is 10.3. The Morgan fingerprint density at radius 3 is 2.67 bits per heavy atom. The Morgan fingerprint density at radius 2 is 2.06 bits per heavy atom. The van der Waals surface area contributed by atoms with Crippen LogP contribution in [0.5, 0.6) is 5.75 Å². The predicted octanol–water partition coefficient (Wildman–Crippen LogP) is 2.68. The van der Waals surface area contributed by atoms with Gasteiger partial charge in [0.1, 0.15) is 5.75 Å². The molecule has 0 heterocycles. The van der Waals surface area contributed by atoms with Crippen LogP contribution < -0.4 is 10.1 Å². The van der Waals surface area contributed by atoms with Gasteiger partial charge >= 0.3 is 6.09 Å². The van der Waals surface area contributed by atoms with Crippen molar-refractivity contribution in [2.75, 3.05) is 19.8 Å². The molecule has 1 aromatic rings. The number of benzene rings is 1. The lowest BCUT2D eigenvalue weighted by molar-refractivity contribution is 0.152. The molecule has 0 saturated carbocycles. The average Bonchev–Trinajstić information content (AvgIpc) is 2.33. The molecule has 100 valence electrons. The van der Waals surface area contributed by atoms with Crippen molar-refractivity contribution in [2.24, 2.45) is 0 Å². The molecule has 1 N–H and O–H groups in total. The van der Waals surface area contributed by atoms with Gasteiger partial charge in [0.05, 0.1) is 13.2 Å². The molecular weight excluding hydrogens is 230 g/mol. The minimum atomic E-state index is -0.361. The van der Waals surface area contributed by atoms with Crippen molar-refractivity contribution in [2.45, 2.75) is 27.2 Å². The van der Waals surface area contributed by atoms with E-state index in [4.69, 9.17) is 9.47 Å². The molecule has 0 aliphatic rings. The molecule has 0 atom stereocenters. The number of nitrogens with one attached hydrogen (secondary N) is 1. The van der Waals surface area contributed by atoms with Gasteiger partial charge in [0.25, 0.3) is 0 Å². The highest BCUT2D eigenvalue weighted by molar-refractivity contribution is 5.67. The molecule has 0 radical (unpaired) electrons. The summed E-state index contributed by atoms with van der Waals surface area (Å²) in [5, 5.41) is 2.70. The fourth-order valence-electron chi connectivity index (χ4n) is 1.68. The minimum absolute atomic E-state index is 0.361. The van der Waals surface area contributed by atoms with E-state index in [0.717, 1.165) is 17.7 Å². The highest BCUT2D eigenvalue weighted by Gasteiger charge is 2.02. The Hall–Kier alpha value is -1.71. The van der Waals surface area contributed by atoms with Gasteiger partial charge in [0.2, 0.25) is 0 Å². The summed E-state index contributed by atoms with van der Waals surface area (Å²) in [6.07, 6.45) is 0.423. The van der Waals surface area contributed by atoms with E-state index in [1.807, 2.05) is 26.0 Å². The standard InChI is InChI=1S/C14H21NO3/c1-4-17-13-7-6-12(10-11(13)3)8-9-15-14(16)18-5-2/h6-7,10H,4-5,8-9H2,1-3H3,(H,15,16). The van der Waals surface area contributed by atoms with Crippen LogP contribution in [0.4, 0.5) is 4.79 Å². The van der Waals surface area contributed by atoms with Crippen LogP contribution in [0.1, 0.15) is 25.0 Å². The molecular formula is C14H21NO3. The Bertz CT molecular complexity index is 391. The monoisotopic (exact) mass is 251 g/mol. The van der Waals surface area contributed by atoms with Gasteiger partial charge in [-0.1, -0.05) is 12.1 Å². The number of ether oxygens (including phenoxy) is 2. The van der Waals surface area contributed by atoms with Crippen molar-refractivity contribution in [1.29, 1.82) is 0 Å². The van der Waals surface area contributed by atoms with E-state index in [-0.39, 0.29) is 6.09 Å². The molecule has 0 spiro atoms. The summed E-state index contributed by atoms with van der Waals surface area (Å²) in [5.41, 5.74) is 2.29. The van der Waals surface area contributed by atoms with Gasteiger partial charge in [0.15, 0.2) is 0 Å². The van der Waals surface area contributed by atoms with E-state index in [1.165, 1.54) is 5.56 Å². The van der Waals surface area contributed by atoms with Crippen molar-refractivity contribution in [1.82, 2.24) is 5.32 Å². The molecule has 0 fully saturated rings. The molecule has 0 aliphatic carbocycles.